The van der Waals surface area contributed by atoms with E-state index in [9.17, 15) is 14.4 Å². The number of carboxylic acids is 1. The van der Waals surface area contributed by atoms with Crippen LogP contribution in [-0.2, 0) is 14.4 Å². The fraction of sp³-hybridized carbons (Fsp3) is 0.353. The zero-order valence-corrected chi connectivity index (χ0v) is 13.5. The molecule has 1 rings (SSSR count). The summed E-state index contributed by atoms with van der Waals surface area (Å²) in [4.78, 5) is 33.5. The second kappa shape index (κ2) is 10.0. The van der Waals surface area contributed by atoms with Gasteiger partial charge in [0.15, 0.2) is 0 Å². The molecular weight excluding hydrogens is 312 g/mol. The zero-order chi connectivity index (χ0) is 17.9. The van der Waals surface area contributed by atoms with Crippen molar-refractivity contribution < 1.29 is 24.2 Å². The Bertz CT molecular complexity index is 596. The Balaban J connectivity index is 2.56. The minimum atomic E-state index is -1.21. The molecule has 0 radical (unpaired) electrons. The number of carboxylic acid groups (broad SMARTS) is 1. The summed E-state index contributed by atoms with van der Waals surface area (Å²) >= 11 is 0. The Hall–Kier alpha value is -2.83. The predicted octanol–water partition coefficient (Wildman–Crippen LogP) is 1.32. The Labute approximate surface area is 140 Å². The average Bonchev–Trinajstić information content (AvgIpc) is 2.55. The highest BCUT2D eigenvalue weighted by Gasteiger charge is 2.19. The van der Waals surface area contributed by atoms with E-state index in [4.69, 9.17) is 15.6 Å². The predicted molar refractivity (Wildman–Crippen MR) is 89.3 cm³/mol. The fourth-order valence-electron chi connectivity index (χ4n) is 1.83. The maximum atomic E-state index is 11.8. The lowest BCUT2D eigenvalue weighted by atomic mass is 10.1. The van der Waals surface area contributed by atoms with Crippen molar-refractivity contribution in [3.05, 3.63) is 35.9 Å². The van der Waals surface area contributed by atoms with E-state index in [1.807, 2.05) is 6.92 Å². The topological polar surface area (TPSA) is 119 Å². The number of amides is 2. The normalized spacial score (nSPS) is 11.9. The lowest BCUT2D eigenvalue weighted by molar-refractivity contribution is -0.141. The summed E-state index contributed by atoms with van der Waals surface area (Å²) in [6, 6.07) is 6.01. The molecule has 1 aromatic carbocycles. The van der Waals surface area contributed by atoms with Gasteiger partial charge in [0.1, 0.15) is 11.8 Å². The van der Waals surface area contributed by atoms with E-state index in [-0.39, 0.29) is 12.8 Å². The number of carbonyl (C=O) groups is 3. The molecule has 130 valence electrons. The SMILES string of the molecule is CCCOc1ccc(/C=C/C(=O)NC(CCC(N)=O)C(=O)O)cc1. The van der Waals surface area contributed by atoms with Crippen LogP contribution in [0.25, 0.3) is 6.08 Å². The molecule has 1 atom stereocenters. The first-order chi connectivity index (χ1) is 11.4. The molecule has 0 aromatic heterocycles. The van der Waals surface area contributed by atoms with Crippen LogP contribution in [0.15, 0.2) is 30.3 Å². The van der Waals surface area contributed by atoms with Crippen LogP contribution in [0.3, 0.4) is 0 Å². The summed E-state index contributed by atoms with van der Waals surface area (Å²) in [6.07, 6.45) is 3.56. The van der Waals surface area contributed by atoms with Gasteiger partial charge in [0.25, 0.3) is 0 Å². The molecule has 0 bridgehead atoms. The molecule has 0 aliphatic carbocycles. The third kappa shape index (κ3) is 7.44. The number of nitrogens with two attached hydrogens (primary N) is 1. The van der Waals surface area contributed by atoms with E-state index < -0.39 is 23.8 Å². The first kappa shape index (κ1) is 19.2. The van der Waals surface area contributed by atoms with Gasteiger partial charge in [0.2, 0.25) is 11.8 Å². The molecule has 0 fully saturated rings. The molecule has 0 heterocycles. The smallest absolute Gasteiger partial charge is 0.326 e. The van der Waals surface area contributed by atoms with Gasteiger partial charge in [-0.15, -0.1) is 0 Å². The van der Waals surface area contributed by atoms with Gasteiger partial charge in [-0.3, -0.25) is 9.59 Å². The number of nitrogens with one attached hydrogen (secondary N) is 1. The maximum Gasteiger partial charge on any atom is 0.326 e. The molecule has 4 N–H and O–H groups in total. The number of hydrogen-bond acceptors (Lipinski definition) is 4. The molecule has 0 aliphatic heterocycles. The van der Waals surface area contributed by atoms with Crippen LogP contribution in [0.1, 0.15) is 31.7 Å². The molecule has 24 heavy (non-hydrogen) atoms. The second-order valence-corrected chi connectivity index (χ2v) is 5.16. The van der Waals surface area contributed by atoms with Crippen molar-refractivity contribution in [1.29, 1.82) is 0 Å². The third-order valence-electron chi connectivity index (χ3n) is 3.07. The van der Waals surface area contributed by atoms with Gasteiger partial charge >= 0.3 is 5.97 Å². The van der Waals surface area contributed by atoms with E-state index in [2.05, 4.69) is 5.32 Å². The molecule has 7 nitrogen and oxygen atoms in total. The van der Waals surface area contributed by atoms with Crippen molar-refractivity contribution in [1.82, 2.24) is 5.32 Å². The Morgan fingerprint density at radius 1 is 1.29 bits per heavy atom. The van der Waals surface area contributed by atoms with E-state index >= 15 is 0 Å². The highest BCUT2D eigenvalue weighted by molar-refractivity contribution is 5.94. The highest BCUT2D eigenvalue weighted by Crippen LogP contribution is 2.13. The quantitative estimate of drug-likeness (QED) is 0.558. The molecule has 7 heteroatoms. The van der Waals surface area contributed by atoms with Crippen molar-refractivity contribution in [2.45, 2.75) is 32.2 Å². The number of ether oxygens (including phenoxy) is 1. The van der Waals surface area contributed by atoms with Gasteiger partial charge in [0.05, 0.1) is 6.61 Å². The largest absolute Gasteiger partial charge is 0.494 e. The van der Waals surface area contributed by atoms with Crippen molar-refractivity contribution in [3.8, 4) is 5.75 Å². The number of rotatable bonds is 10. The Morgan fingerprint density at radius 2 is 1.96 bits per heavy atom. The van der Waals surface area contributed by atoms with Gasteiger partial charge < -0.3 is 20.9 Å². The van der Waals surface area contributed by atoms with Crippen molar-refractivity contribution >= 4 is 23.9 Å². The van der Waals surface area contributed by atoms with Crippen LogP contribution >= 0.6 is 0 Å². The summed E-state index contributed by atoms with van der Waals surface area (Å²) in [5, 5.41) is 11.3. The number of hydrogen-bond donors (Lipinski definition) is 3. The number of benzene rings is 1. The highest BCUT2D eigenvalue weighted by atomic mass is 16.5. The molecule has 0 saturated heterocycles. The summed E-state index contributed by atoms with van der Waals surface area (Å²) in [5.74, 6) is -1.64. The van der Waals surface area contributed by atoms with Gasteiger partial charge in [-0.25, -0.2) is 4.79 Å². The lowest BCUT2D eigenvalue weighted by Gasteiger charge is -2.11. The van der Waals surface area contributed by atoms with Gasteiger partial charge in [0, 0.05) is 12.5 Å². The Morgan fingerprint density at radius 3 is 2.50 bits per heavy atom. The summed E-state index contributed by atoms with van der Waals surface area (Å²) in [7, 11) is 0. The average molecular weight is 334 g/mol. The lowest BCUT2D eigenvalue weighted by Crippen LogP contribution is -2.40. The van der Waals surface area contributed by atoms with Crippen LogP contribution in [0.2, 0.25) is 0 Å². The monoisotopic (exact) mass is 334 g/mol. The molecule has 1 aromatic rings. The second-order valence-electron chi connectivity index (χ2n) is 5.16. The maximum absolute atomic E-state index is 11.8. The van der Waals surface area contributed by atoms with Crippen molar-refractivity contribution in [2.75, 3.05) is 6.61 Å². The van der Waals surface area contributed by atoms with E-state index in [1.165, 1.54) is 6.08 Å². The van der Waals surface area contributed by atoms with Gasteiger partial charge in [-0.1, -0.05) is 19.1 Å². The number of carbonyl (C=O) groups excluding carboxylic acids is 2. The van der Waals surface area contributed by atoms with Crippen LogP contribution in [0.4, 0.5) is 0 Å². The van der Waals surface area contributed by atoms with Crippen LogP contribution in [0.5, 0.6) is 5.75 Å². The molecule has 2 amide bonds. The fourth-order valence-corrected chi connectivity index (χ4v) is 1.83. The van der Waals surface area contributed by atoms with Crippen molar-refractivity contribution in [3.63, 3.8) is 0 Å². The van der Waals surface area contributed by atoms with Gasteiger partial charge in [-0.2, -0.15) is 0 Å². The molecule has 0 saturated carbocycles. The Kier molecular flexibility index (Phi) is 8.04. The van der Waals surface area contributed by atoms with Crippen LogP contribution < -0.4 is 15.8 Å². The standard InChI is InChI=1S/C17H22N2O5/c1-2-11-24-13-6-3-12(4-7-13)5-10-16(21)19-14(17(22)23)8-9-15(18)20/h3-7,10,14H,2,8-9,11H2,1H3,(H2,18,20)(H,19,21)(H,22,23)/b10-5+. The van der Waals surface area contributed by atoms with Gasteiger partial charge in [-0.05, 0) is 36.6 Å². The van der Waals surface area contributed by atoms with E-state index in [1.54, 1.807) is 30.3 Å². The van der Waals surface area contributed by atoms with E-state index in [0.29, 0.717) is 6.61 Å². The summed E-state index contributed by atoms with van der Waals surface area (Å²) in [5.41, 5.74) is 5.76. The minimum Gasteiger partial charge on any atom is -0.494 e. The van der Waals surface area contributed by atoms with E-state index in [0.717, 1.165) is 17.7 Å². The molecular formula is C17H22N2O5. The zero-order valence-electron chi connectivity index (χ0n) is 13.5. The first-order valence-electron chi connectivity index (χ1n) is 7.65. The summed E-state index contributed by atoms with van der Waals surface area (Å²) < 4.78 is 5.45. The first-order valence-corrected chi connectivity index (χ1v) is 7.65. The molecule has 0 spiro atoms. The third-order valence-corrected chi connectivity index (χ3v) is 3.07. The van der Waals surface area contributed by atoms with Crippen molar-refractivity contribution in [2.24, 2.45) is 5.73 Å². The minimum absolute atomic E-state index is 0.0479. The number of primary amides is 1. The molecule has 1 unspecified atom stereocenters. The van der Waals surface area contributed by atoms with Crippen LogP contribution in [-0.4, -0.2) is 35.5 Å². The molecule has 0 aliphatic rings. The van der Waals surface area contributed by atoms with Crippen LogP contribution in [0, 0.1) is 0 Å². The number of aliphatic carboxylic acids is 1. The summed E-state index contributed by atoms with van der Waals surface area (Å²) in [6.45, 7) is 2.66.